The predicted molar refractivity (Wildman–Crippen MR) is 140 cm³/mol. The largest absolute Gasteiger partial charge is 0.504 e. The Kier molecular flexibility index (Phi) is 7.55. The van der Waals surface area contributed by atoms with Crippen LogP contribution in [0.3, 0.4) is 0 Å². The summed E-state index contributed by atoms with van der Waals surface area (Å²) in [6.45, 7) is 1.73. The Balaban J connectivity index is 1.56. The van der Waals surface area contributed by atoms with Crippen LogP contribution in [0.25, 0.3) is 16.6 Å². The molecule has 2 N–H and O–H groups in total. The van der Waals surface area contributed by atoms with Crippen LogP contribution in [-0.2, 0) is 4.79 Å². The summed E-state index contributed by atoms with van der Waals surface area (Å²) >= 11 is 1.13. The Bertz CT molecular complexity index is 1500. The first kappa shape index (κ1) is 24.8. The zero-order valence-electron chi connectivity index (χ0n) is 19.9. The number of phenolic OH excluding ortho intramolecular Hbond substituents is 1. The highest BCUT2D eigenvalue weighted by molar-refractivity contribution is 7.99. The molecule has 0 unspecified atom stereocenters. The number of rotatable bonds is 8. The minimum atomic E-state index is -0.367. The second-order valence-electron chi connectivity index (χ2n) is 7.66. The molecule has 0 fully saturated rings. The van der Waals surface area contributed by atoms with E-state index in [1.54, 1.807) is 68.6 Å². The molecule has 0 saturated heterocycles. The second kappa shape index (κ2) is 11.0. The van der Waals surface area contributed by atoms with Crippen LogP contribution in [0, 0.1) is 0 Å². The molecule has 9 nitrogen and oxygen atoms in total. The zero-order valence-corrected chi connectivity index (χ0v) is 20.7. The van der Waals surface area contributed by atoms with Gasteiger partial charge < -0.3 is 14.6 Å². The van der Waals surface area contributed by atoms with E-state index in [9.17, 15) is 14.7 Å². The molecule has 1 aromatic heterocycles. The lowest BCUT2D eigenvalue weighted by molar-refractivity contribution is -0.118. The monoisotopic (exact) mass is 504 g/mol. The fourth-order valence-electron chi connectivity index (χ4n) is 3.44. The van der Waals surface area contributed by atoms with Crippen LogP contribution < -0.4 is 20.5 Å². The molecular weight excluding hydrogens is 480 g/mol. The molecule has 184 valence electrons. The average molecular weight is 505 g/mol. The van der Waals surface area contributed by atoms with Gasteiger partial charge in [0.05, 0.1) is 42.3 Å². The number of nitrogens with one attached hydrogen (secondary N) is 1. The summed E-state index contributed by atoms with van der Waals surface area (Å²) in [5, 5.41) is 14.8. The number of benzene rings is 3. The Labute approximate surface area is 211 Å². The number of phenols is 1. The van der Waals surface area contributed by atoms with Crippen LogP contribution in [0.2, 0.25) is 0 Å². The third-order valence-electron chi connectivity index (χ3n) is 5.35. The van der Waals surface area contributed by atoms with Crippen molar-refractivity contribution in [1.29, 1.82) is 0 Å². The number of amides is 1. The van der Waals surface area contributed by atoms with Gasteiger partial charge in [-0.3, -0.25) is 14.2 Å². The van der Waals surface area contributed by atoms with E-state index in [4.69, 9.17) is 9.47 Å². The van der Waals surface area contributed by atoms with E-state index < -0.39 is 0 Å². The van der Waals surface area contributed by atoms with Crippen molar-refractivity contribution in [1.82, 2.24) is 15.0 Å². The first-order valence-corrected chi connectivity index (χ1v) is 11.9. The summed E-state index contributed by atoms with van der Waals surface area (Å²) < 4.78 is 11.8. The third kappa shape index (κ3) is 5.33. The molecule has 0 aliphatic rings. The van der Waals surface area contributed by atoms with Crippen molar-refractivity contribution in [3.8, 4) is 22.9 Å². The van der Waals surface area contributed by atoms with Gasteiger partial charge in [0, 0.05) is 5.56 Å². The molecule has 10 heteroatoms. The van der Waals surface area contributed by atoms with Crippen molar-refractivity contribution in [2.24, 2.45) is 5.10 Å². The SMILES string of the molecule is COc1ccc(-n2c(SCC(=O)NN=C(C)c3ccc(O)c(OC)c3)nc3ccccc3c2=O)cc1. The molecule has 1 heterocycles. The fourth-order valence-corrected chi connectivity index (χ4v) is 4.25. The molecule has 0 aliphatic carbocycles. The summed E-state index contributed by atoms with van der Waals surface area (Å²) in [5.41, 5.74) is 4.66. The molecule has 0 atom stereocenters. The number of para-hydroxylation sites is 1. The van der Waals surface area contributed by atoms with Gasteiger partial charge in [0.25, 0.3) is 11.5 Å². The lowest BCUT2D eigenvalue weighted by atomic mass is 10.1. The molecule has 4 rings (SSSR count). The Hall–Kier alpha value is -4.31. The predicted octanol–water partition coefficient (Wildman–Crippen LogP) is 3.74. The molecular formula is C26H24N4O5S. The summed E-state index contributed by atoms with van der Waals surface area (Å²) in [6.07, 6.45) is 0. The van der Waals surface area contributed by atoms with Gasteiger partial charge in [-0.25, -0.2) is 10.4 Å². The van der Waals surface area contributed by atoms with Crippen molar-refractivity contribution in [2.75, 3.05) is 20.0 Å². The molecule has 4 aromatic rings. The van der Waals surface area contributed by atoms with Gasteiger partial charge in [0.1, 0.15) is 5.75 Å². The lowest BCUT2D eigenvalue weighted by Crippen LogP contribution is -2.24. The van der Waals surface area contributed by atoms with Gasteiger partial charge in [-0.15, -0.1) is 0 Å². The molecule has 0 bridgehead atoms. The van der Waals surface area contributed by atoms with E-state index in [2.05, 4.69) is 15.5 Å². The number of carbonyl (C=O) groups is 1. The summed E-state index contributed by atoms with van der Waals surface area (Å²) in [5.74, 6) is 0.599. The number of fused-ring (bicyclic) bond motifs is 1. The minimum absolute atomic E-state index is 0.0141. The number of methoxy groups -OCH3 is 2. The van der Waals surface area contributed by atoms with Crippen LogP contribution in [-0.4, -0.2) is 46.2 Å². The van der Waals surface area contributed by atoms with Crippen LogP contribution in [0.5, 0.6) is 17.2 Å². The third-order valence-corrected chi connectivity index (χ3v) is 6.29. The van der Waals surface area contributed by atoms with Gasteiger partial charge in [-0.1, -0.05) is 23.9 Å². The van der Waals surface area contributed by atoms with E-state index in [-0.39, 0.29) is 23.0 Å². The first-order chi connectivity index (χ1) is 17.4. The zero-order chi connectivity index (χ0) is 25.7. The van der Waals surface area contributed by atoms with E-state index >= 15 is 0 Å². The number of nitrogens with zero attached hydrogens (tertiary/aromatic N) is 3. The smallest absolute Gasteiger partial charge is 0.266 e. The minimum Gasteiger partial charge on any atom is -0.504 e. The van der Waals surface area contributed by atoms with Crippen LogP contribution in [0.4, 0.5) is 0 Å². The maximum atomic E-state index is 13.3. The second-order valence-corrected chi connectivity index (χ2v) is 8.60. The number of hydrazone groups is 1. The molecule has 0 spiro atoms. The normalized spacial score (nSPS) is 11.4. The van der Waals surface area contributed by atoms with Crippen LogP contribution in [0.1, 0.15) is 12.5 Å². The highest BCUT2D eigenvalue weighted by Crippen LogP contribution is 2.26. The number of hydrogen-bond donors (Lipinski definition) is 2. The molecule has 0 radical (unpaired) electrons. The van der Waals surface area contributed by atoms with Crippen LogP contribution >= 0.6 is 11.8 Å². The quantitative estimate of drug-likeness (QED) is 0.163. The van der Waals surface area contributed by atoms with E-state index in [1.807, 2.05) is 6.07 Å². The molecule has 36 heavy (non-hydrogen) atoms. The Morgan fingerprint density at radius 3 is 2.56 bits per heavy atom. The van der Waals surface area contributed by atoms with E-state index in [0.29, 0.717) is 44.5 Å². The highest BCUT2D eigenvalue weighted by Gasteiger charge is 2.15. The van der Waals surface area contributed by atoms with Crippen molar-refractivity contribution >= 4 is 34.3 Å². The van der Waals surface area contributed by atoms with Gasteiger partial charge in [0.15, 0.2) is 16.7 Å². The summed E-state index contributed by atoms with van der Waals surface area (Å²) in [7, 11) is 3.03. The standard InChI is InChI=1S/C26H24N4O5S/c1-16(17-8-13-22(31)23(14-17)35-3)28-29-24(32)15-36-26-27-21-7-5-4-6-20(21)25(33)30(26)18-9-11-19(34-2)12-10-18/h4-14,31H,15H2,1-3H3,(H,29,32). The van der Waals surface area contributed by atoms with E-state index in [1.165, 1.54) is 17.7 Å². The molecule has 3 aromatic carbocycles. The molecule has 0 aliphatic heterocycles. The first-order valence-electron chi connectivity index (χ1n) is 10.9. The van der Waals surface area contributed by atoms with Crippen LogP contribution in [0.15, 0.2) is 81.8 Å². The molecule has 1 amide bonds. The summed E-state index contributed by atoms with van der Waals surface area (Å²) in [4.78, 5) is 30.5. The fraction of sp³-hybridized carbons (Fsp3) is 0.154. The van der Waals surface area contributed by atoms with Gasteiger partial charge >= 0.3 is 0 Å². The van der Waals surface area contributed by atoms with Gasteiger partial charge in [-0.05, 0) is 61.5 Å². The lowest BCUT2D eigenvalue weighted by Gasteiger charge is -2.13. The maximum absolute atomic E-state index is 13.3. The highest BCUT2D eigenvalue weighted by atomic mass is 32.2. The molecule has 0 saturated carbocycles. The number of thioether (sulfide) groups is 1. The number of ether oxygens (including phenoxy) is 2. The Morgan fingerprint density at radius 1 is 1.08 bits per heavy atom. The maximum Gasteiger partial charge on any atom is 0.266 e. The van der Waals surface area contributed by atoms with Crippen molar-refractivity contribution in [3.63, 3.8) is 0 Å². The van der Waals surface area contributed by atoms with Crippen molar-refractivity contribution in [3.05, 3.63) is 82.6 Å². The number of carbonyl (C=O) groups excluding carboxylic acids is 1. The topological polar surface area (TPSA) is 115 Å². The van der Waals surface area contributed by atoms with Crippen molar-refractivity contribution in [2.45, 2.75) is 12.1 Å². The summed E-state index contributed by atoms with van der Waals surface area (Å²) in [6, 6.07) is 18.9. The van der Waals surface area contributed by atoms with Crippen molar-refractivity contribution < 1.29 is 19.4 Å². The average Bonchev–Trinajstić information content (AvgIpc) is 2.91. The number of aromatic nitrogens is 2. The van der Waals surface area contributed by atoms with Gasteiger partial charge in [-0.2, -0.15) is 5.10 Å². The van der Waals surface area contributed by atoms with E-state index in [0.717, 1.165) is 11.8 Å². The van der Waals surface area contributed by atoms with Gasteiger partial charge in [0.2, 0.25) is 0 Å². The Morgan fingerprint density at radius 2 is 1.83 bits per heavy atom. The number of hydrogen-bond acceptors (Lipinski definition) is 8. The number of aromatic hydroxyl groups is 1.